The molecule has 0 bridgehead atoms. The second-order valence-electron chi connectivity index (χ2n) is 8.82. The normalized spacial score (nSPS) is 13.5. The van der Waals surface area contributed by atoms with Gasteiger partial charge in [-0.2, -0.15) is 0 Å². The van der Waals surface area contributed by atoms with Crippen LogP contribution in [0.2, 0.25) is 0 Å². The number of aromatic nitrogens is 1. The third-order valence-electron chi connectivity index (χ3n) is 5.70. The number of anilines is 1. The Labute approximate surface area is 203 Å². The third kappa shape index (κ3) is 10.3. The molecule has 1 heterocycles. The lowest BCUT2D eigenvalue weighted by molar-refractivity contribution is 0.00800. The lowest BCUT2D eigenvalue weighted by Gasteiger charge is -2.26. The van der Waals surface area contributed by atoms with Gasteiger partial charge in [-0.1, -0.05) is 44.2 Å². The number of pyridine rings is 1. The minimum absolute atomic E-state index is 0.102. The molecule has 7 nitrogen and oxygen atoms in total. The van der Waals surface area contributed by atoms with Gasteiger partial charge < -0.3 is 29.7 Å². The molecule has 3 N–H and O–H groups in total. The summed E-state index contributed by atoms with van der Waals surface area (Å²) in [7, 11) is 0. The van der Waals surface area contributed by atoms with E-state index in [4.69, 9.17) is 14.6 Å². The third-order valence-corrected chi connectivity index (χ3v) is 5.70. The van der Waals surface area contributed by atoms with E-state index in [2.05, 4.69) is 54.1 Å². The van der Waals surface area contributed by atoms with Crippen LogP contribution in [0.25, 0.3) is 12.2 Å². The SMILES string of the molecule is Cc1ccc(C=Cc2ccc(N(CCOCC(O)CO)CCOCC(CO)C(C)C)cc2)cn1. The first-order valence-corrected chi connectivity index (χ1v) is 11.9. The summed E-state index contributed by atoms with van der Waals surface area (Å²) in [4.78, 5) is 6.49. The van der Waals surface area contributed by atoms with Gasteiger partial charge in [0.2, 0.25) is 0 Å². The fraction of sp³-hybridized carbons (Fsp3) is 0.519. The van der Waals surface area contributed by atoms with Gasteiger partial charge in [0.25, 0.3) is 0 Å². The fourth-order valence-electron chi connectivity index (χ4n) is 3.25. The van der Waals surface area contributed by atoms with E-state index in [1.54, 1.807) is 0 Å². The van der Waals surface area contributed by atoms with Crippen molar-refractivity contribution in [1.29, 1.82) is 0 Å². The minimum atomic E-state index is -0.863. The number of hydrogen-bond donors (Lipinski definition) is 3. The average molecular weight is 473 g/mol. The van der Waals surface area contributed by atoms with Gasteiger partial charge in [0, 0.05) is 43.2 Å². The molecule has 34 heavy (non-hydrogen) atoms. The summed E-state index contributed by atoms with van der Waals surface area (Å²) in [6.07, 6.45) is 5.10. The lowest BCUT2D eigenvalue weighted by atomic mass is 9.98. The smallest absolute Gasteiger partial charge is 0.100 e. The van der Waals surface area contributed by atoms with Crippen LogP contribution in [0.1, 0.15) is 30.7 Å². The van der Waals surface area contributed by atoms with E-state index in [0.717, 1.165) is 22.5 Å². The first-order chi connectivity index (χ1) is 16.4. The Morgan fingerprint density at radius 3 is 2.06 bits per heavy atom. The highest BCUT2D eigenvalue weighted by atomic mass is 16.5. The molecule has 0 aliphatic rings. The Kier molecular flexibility index (Phi) is 12.8. The summed E-state index contributed by atoms with van der Waals surface area (Å²) < 4.78 is 11.4. The predicted octanol–water partition coefficient (Wildman–Crippen LogP) is 3.02. The number of ether oxygens (including phenoxy) is 2. The molecule has 0 fully saturated rings. The van der Waals surface area contributed by atoms with Gasteiger partial charge in [0.05, 0.1) is 33.0 Å². The topological polar surface area (TPSA) is 95.3 Å². The molecule has 0 aliphatic carbocycles. The van der Waals surface area contributed by atoms with Gasteiger partial charge in [-0.25, -0.2) is 0 Å². The van der Waals surface area contributed by atoms with Crippen molar-refractivity contribution in [2.75, 3.05) is 57.6 Å². The zero-order valence-corrected chi connectivity index (χ0v) is 20.6. The van der Waals surface area contributed by atoms with Gasteiger partial charge in [-0.3, -0.25) is 4.98 Å². The van der Waals surface area contributed by atoms with Crippen molar-refractivity contribution < 1.29 is 24.8 Å². The van der Waals surface area contributed by atoms with E-state index in [9.17, 15) is 10.2 Å². The molecule has 1 aromatic heterocycles. The summed E-state index contributed by atoms with van der Waals surface area (Å²) in [6, 6.07) is 12.3. The molecule has 1 aromatic carbocycles. The fourth-order valence-corrected chi connectivity index (χ4v) is 3.25. The molecule has 7 heteroatoms. The Bertz CT molecular complexity index is 824. The van der Waals surface area contributed by atoms with Crippen LogP contribution in [-0.4, -0.2) is 79.1 Å². The van der Waals surface area contributed by atoms with Crippen molar-refractivity contribution in [1.82, 2.24) is 4.98 Å². The van der Waals surface area contributed by atoms with Crippen LogP contribution in [0.15, 0.2) is 42.6 Å². The second kappa shape index (κ2) is 15.6. The predicted molar refractivity (Wildman–Crippen MR) is 137 cm³/mol. The van der Waals surface area contributed by atoms with Gasteiger partial charge in [0.15, 0.2) is 0 Å². The number of aliphatic hydroxyl groups excluding tert-OH is 3. The molecule has 188 valence electrons. The maximum absolute atomic E-state index is 9.49. The Morgan fingerprint density at radius 1 is 0.882 bits per heavy atom. The van der Waals surface area contributed by atoms with Crippen molar-refractivity contribution in [3.05, 3.63) is 59.4 Å². The van der Waals surface area contributed by atoms with Crippen LogP contribution < -0.4 is 4.90 Å². The van der Waals surface area contributed by atoms with Crippen LogP contribution in [0.5, 0.6) is 0 Å². The number of aryl methyl sites for hydroxylation is 1. The summed E-state index contributed by atoms with van der Waals surface area (Å²) in [5.74, 6) is 0.496. The van der Waals surface area contributed by atoms with E-state index in [1.165, 1.54) is 0 Å². The van der Waals surface area contributed by atoms with E-state index in [0.29, 0.717) is 38.8 Å². The van der Waals surface area contributed by atoms with E-state index >= 15 is 0 Å². The van der Waals surface area contributed by atoms with Crippen LogP contribution in [0.4, 0.5) is 5.69 Å². The van der Waals surface area contributed by atoms with Crippen molar-refractivity contribution in [3.8, 4) is 0 Å². The summed E-state index contributed by atoms with van der Waals surface area (Å²) in [6.45, 7) is 8.83. The van der Waals surface area contributed by atoms with Crippen LogP contribution in [-0.2, 0) is 9.47 Å². The molecule has 0 aliphatic heterocycles. The molecular formula is C27H40N2O5. The zero-order chi connectivity index (χ0) is 24.8. The highest BCUT2D eigenvalue weighted by Crippen LogP contribution is 2.17. The standard InChI is InChI=1S/C27H40N2O5/c1-21(2)25(17-30)19-33-14-12-29(13-15-34-20-27(32)18-31)26-10-8-23(9-11-26)6-7-24-5-4-22(3)28-16-24/h4-11,16,21,25,27,30-32H,12-15,17-20H2,1-3H3. The summed E-state index contributed by atoms with van der Waals surface area (Å²) in [5, 5.41) is 27.9. The maximum atomic E-state index is 9.49. The minimum Gasteiger partial charge on any atom is -0.396 e. The van der Waals surface area contributed by atoms with Crippen LogP contribution in [0, 0.1) is 18.8 Å². The average Bonchev–Trinajstić information content (AvgIpc) is 2.84. The molecule has 0 saturated carbocycles. The molecule has 2 unspecified atom stereocenters. The number of hydrogen-bond acceptors (Lipinski definition) is 7. The highest BCUT2D eigenvalue weighted by molar-refractivity contribution is 5.70. The Morgan fingerprint density at radius 2 is 1.50 bits per heavy atom. The molecular weight excluding hydrogens is 432 g/mol. The van der Waals surface area contributed by atoms with Crippen LogP contribution in [0.3, 0.4) is 0 Å². The first-order valence-electron chi connectivity index (χ1n) is 11.9. The number of rotatable bonds is 16. The van der Waals surface area contributed by atoms with E-state index in [-0.39, 0.29) is 25.7 Å². The summed E-state index contributed by atoms with van der Waals surface area (Å²) in [5.41, 5.74) is 4.19. The first kappa shape index (κ1) is 28.0. The molecule has 2 rings (SSSR count). The van der Waals surface area contributed by atoms with Crippen molar-refractivity contribution in [2.45, 2.75) is 26.9 Å². The number of aliphatic hydroxyl groups is 3. The van der Waals surface area contributed by atoms with Gasteiger partial charge in [0.1, 0.15) is 6.10 Å². The highest BCUT2D eigenvalue weighted by Gasteiger charge is 2.13. The second-order valence-corrected chi connectivity index (χ2v) is 8.82. The number of benzene rings is 1. The Hall–Kier alpha value is -2.29. The largest absolute Gasteiger partial charge is 0.396 e. The van der Waals surface area contributed by atoms with Crippen LogP contribution >= 0.6 is 0 Å². The molecule has 0 amide bonds. The van der Waals surface area contributed by atoms with Gasteiger partial charge in [-0.05, 0) is 42.2 Å². The molecule has 2 atom stereocenters. The van der Waals surface area contributed by atoms with Crippen molar-refractivity contribution >= 4 is 17.8 Å². The molecule has 2 aromatic rings. The Balaban J connectivity index is 1.96. The zero-order valence-electron chi connectivity index (χ0n) is 20.6. The quantitative estimate of drug-likeness (QED) is 0.323. The molecule has 0 radical (unpaired) electrons. The number of nitrogens with zero attached hydrogens (tertiary/aromatic N) is 2. The van der Waals surface area contributed by atoms with Crippen molar-refractivity contribution in [2.24, 2.45) is 11.8 Å². The van der Waals surface area contributed by atoms with E-state index in [1.807, 2.05) is 31.3 Å². The lowest BCUT2D eigenvalue weighted by Crippen LogP contribution is -2.33. The van der Waals surface area contributed by atoms with E-state index < -0.39 is 6.10 Å². The monoisotopic (exact) mass is 472 g/mol. The molecule has 0 spiro atoms. The molecule has 0 saturated heterocycles. The van der Waals surface area contributed by atoms with Gasteiger partial charge >= 0.3 is 0 Å². The van der Waals surface area contributed by atoms with Crippen molar-refractivity contribution in [3.63, 3.8) is 0 Å². The maximum Gasteiger partial charge on any atom is 0.100 e. The van der Waals surface area contributed by atoms with Gasteiger partial charge in [-0.15, -0.1) is 0 Å². The summed E-state index contributed by atoms with van der Waals surface area (Å²) >= 11 is 0.